The summed E-state index contributed by atoms with van der Waals surface area (Å²) in [6, 6.07) is -2.03. The van der Waals surface area contributed by atoms with E-state index in [0.717, 1.165) is 0 Å². The lowest BCUT2D eigenvalue weighted by atomic mass is 10.1. The molecule has 0 aromatic carbocycles. The minimum atomic E-state index is -1.26. The number of rotatable bonds is 8. The van der Waals surface area contributed by atoms with E-state index in [-0.39, 0.29) is 18.9 Å². The van der Waals surface area contributed by atoms with Gasteiger partial charge >= 0.3 is 18.0 Å². The molecule has 0 heterocycles. The van der Waals surface area contributed by atoms with E-state index in [1.54, 1.807) is 6.92 Å². The maximum absolute atomic E-state index is 11.8. The van der Waals surface area contributed by atoms with Crippen LogP contribution in [0.1, 0.15) is 19.8 Å². The second-order valence-electron chi connectivity index (χ2n) is 4.19. The number of carbonyl (C=O) groups is 3. The first-order valence-corrected chi connectivity index (χ1v) is 5.76. The summed E-state index contributed by atoms with van der Waals surface area (Å²) in [4.78, 5) is 34.4. The van der Waals surface area contributed by atoms with Crippen LogP contribution in [0.15, 0.2) is 0 Å². The molecule has 8 nitrogen and oxygen atoms in total. The molecule has 3 N–H and O–H groups in total. The molecule has 0 bridgehead atoms. The average Bonchev–Trinajstić information content (AvgIpc) is 2.32. The molecule has 2 atom stereocenters. The molecule has 0 saturated heterocycles. The van der Waals surface area contributed by atoms with E-state index >= 15 is 0 Å². The largest absolute Gasteiger partial charge is 0.481 e. The molecule has 0 radical (unpaired) electrons. The molecule has 110 valence electrons. The third-order valence-electron chi connectivity index (χ3n) is 2.63. The fourth-order valence-corrected chi connectivity index (χ4v) is 1.33. The highest BCUT2D eigenvalue weighted by Gasteiger charge is 2.24. The monoisotopic (exact) mass is 276 g/mol. The summed E-state index contributed by atoms with van der Waals surface area (Å²) in [6.07, 6.45) is -0.489. The van der Waals surface area contributed by atoms with Crippen molar-refractivity contribution < 1.29 is 29.3 Å². The van der Waals surface area contributed by atoms with Gasteiger partial charge < -0.3 is 25.2 Å². The van der Waals surface area contributed by atoms with E-state index in [9.17, 15) is 14.4 Å². The predicted molar refractivity (Wildman–Crippen MR) is 65.9 cm³/mol. The molecule has 8 heteroatoms. The molecule has 2 amide bonds. The normalized spacial score (nSPS) is 13.4. The van der Waals surface area contributed by atoms with Crippen molar-refractivity contribution in [3.8, 4) is 0 Å². The molecule has 0 aliphatic heterocycles. The SMILES string of the molecule is COCC(C)N(C)C(=O)N[C@@H](CCC(=O)O)C(=O)O. The number of carbonyl (C=O) groups excluding carboxylic acids is 1. The Labute approximate surface area is 111 Å². The fourth-order valence-electron chi connectivity index (χ4n) is 1.33. The molecule has 0 rings (SSSR count). The van der Waals surface area contributed by atoms with Gasteiger partial charge in [-0.1, -0.05) is 0 Å². The lowest BCUT2D eigenvalue weighted by Crippen LogP contribution is -2.50. The summed E-state index contributed by atoms with van der Waals surface area (Å²) in [5.74, 6) is -2.37. The van der Waals surface area contributed by atoms with Crippen LogP contribution in [0.4, 0.5) is 4.79 Å². The number of ether oxygens (including phenoxy) is 1. The number of carboxylic acid groups (broad SMARTS) is 2. The smallest absolute Gasteiger partial charge is 0.326 e. The van der Waals surface area contributed by atoms with Gasteiger partial charge in [-0.05, 0) is 13.3 Å². The summed E-state index contributed by atoms with van der Waals surface area (Å²) in [5, 5.41) is 19.7. The first-order chi connectivity index (χ1) is 8.79. The Hall–Kier alpha value is -1.83. The summed E-state index contributed by atoms with van der Waals surface area (Å²) < 4.78 is 4.89. The third-order valence-corrected chi connectivity index (χ3v) is 2.63. The van der Waals surface area contributed by atoms with Crippen molar-refractivity contribution in [3.05, 3.63) is 0 Å². The number of aliphatic carboxylic acids is 2. The molecule has 19 heavy (non-hydrogen) atoms. The topological polar surface area (TPSA) is 116 Å². The number of hydrogen-bond acceptors (Lipinski definition) is 4. The summed E-state index contributed by atoms with van der Waals surface area (Å²) in [6.45, 7) is 2.06. The zero-order chi connectivity index (χ0) is 15.0. The number of methoxy groups -OCH3 is 1. The van der Waals surface area contributed by atoms with Crippen molar-refractivity contribution >= 4 is 18.0 Å². The average molecular weight is 276 g/mol. The van der Waals surface area contributed by atoms with Gasteiger partial charge in [-0.2, -0.15) is 0 Å². The standard InChI is InChI=1S/C11H20N2O6/c1-7(6-19-3)13(2)11(18)12-8(10(16)17)4-5-9(14)15/h7-8H,4-6H2,1-3H3,(H,12,18)(H,14,15)(H,16,17)/t7?,8-/m0/s1. The molecule has 0 spiro atoms. The number of amides is 2. The summed E-state index contributed by atoms with van der Waals surface area (Å²) in [5.41, 5.74) is 0. The highest BCUT2D eigenvalue weighted by molar-refractivity contribution is 5.83. The molecule has 0 aliphatic rings. The Morgan fingerprint density at radius 2 is 1.89 bits per heavy atom. The van der Waals surface area contributed by atoms with E-state index in [4.69, 9.17) is 14.9 Å². The summed E-state index contributed by atoms with van der Waals surface area (Å²) >= 11 is 0. The van der Waals surface area contributed by atoms with E-state index < -0.39 is 24.0 Å². The van der Waals surface area contributed by atoms with Gasteiger partial charge in [0.05, 0.1) is 12.6 Å². The maximum atomic E-state index is 11.8. The molecule has 0 fully saturated rings. The van der Waals surface area contributed by atoms with Crippen LogP contribution >= 0.6 is 0 Å². The van der Waals surface area contributed by atoms with Gasteiger partial charge in [-0.3, -0.25) is 4.79 Å². The number of hydrogen-bond donors (Lipinski definition) is 3. The van der Waals surface area contributed by atoms with Crippen LogP contribution in [0.5, 0.6) is 0 Å². The number of nitrogens with one attached hydrogen (secondary N) is 1. The highest BCUT2D eigenvalue weighted by Crippen LogP contribution is 2.02. The van der Waals surface area contributed by atoms with Crippen LogP contribution in [-0.4, -0.2) is 65.9 Å². The molecule has 0 aliphatic carbocycles. The van der Waals surface area contributed by atoms with E-state index in [1.165, 1.54) is 19.1 Å². The van der Waals surface area contributed by atoms with Crippen molar-refractivity contribution in [2.75, 3.05) is 20.8 Å². The van der Waals surface area contributed by atoms with Gasteiger partial charge in [-0.15, -0.1) is 0 Å². The van der Waals surface area contributed by atoms with Crippen molar-refractivity contribution in [2.45, 2.75) is 31.8 Å². The molecular formula is C11H20N2O6. The number of carboxylic acids is 2. The van der Waals surface area contributed by atoms with Crippen molar-refractivity contribution in [3.63, 3.8) is 0 Å². The van der Waals surface area contributed by atoms with Gasteiger partial charge in [-0.25, -0.2) is 9.59 Å². The van der Waals surface area contributed by atoms with E-state index in [2.05, 4.69) is 5.32 Å². The van der Waals surface area contributed by atoms with Crippen molar-refractivity contribution in [2.24, 2.45) is 0 Å². The maximum Gasteiger partial charge on any atom is 0.326 e. The van der Waals surface area contributed by atoms with Crippen LogP contribution < -0.4 is 5.32 Å². The molecule has 0 saturated carbocycles. The van der Waals surface area contributed by atoms with Gasteiger partial charge in [0.2, 0.25) is 0 Å². The lowest BCUT2D eigenvalue weighted by Gasteiger charge is -2.26. The third kappa shape index (κ3) is 6.61. The Bertz CT molecular complexity index is 333. The molecular weight excluding hydrogens is 256 g/mol. The molecule has 1 unspecified atom stereocenters. The summed E-state index contributed by atoms with van der Waals surface area (Å²) in [7, 11) is 3.00. The van der Waals surface area contributed by atoms with Gasteiger partial charge in [0.15, 0.2) is 0 Å². The van der Waals surface area contributed by atoms with Crippen LogP contribution in [0.3, 0.4) is 0 Å². The van der Waals surface area contributed by atoms with Crippen LogP contribution in [0, 0.1) is 0 Å². The second kappa shape index (κ2) is 8.30. The van der Waals surface area contributed by atoms with Crippen LogP contribution in [0.2, 0.25) is 0 Å². The lowest BCUT2D eigenvalue weighted by molar-refractivity contribution is -0.140. The zero-order valence-corrected chi connectivity index (χ0v) is 11.3. The minimum absolute atomic E-state index is 0.164. The number of nitrogens with zero attached hydrogens (tertiary/aromatic N) is 1. The Morgan fingerprint density at radius 3 is 2.32 bits per heavy atom. The quantitative estimate of drug-likeness (QED) is 0.573. The van der Waals surface area contributed by atoms with Crippen molar-refractivity contribution in [1.82, 2.24) is 10.2 Å². The van der Waals surface area contributed by atoms with Gasteiger partial charge in [0.1, 0.15) is 6.04 Å². The van der Waals surface area contributed by atoms with Gasteiger partial charge in [0.25, 0.3) is 0 Å². The molecule has 0 aromatic heterocycles. The fraction of sp³-hybridized carbons (Fsp3) is 0.727. The zero-order valence-electron chi connectivity index (χ0n) is 11.3. The Kier molecular flexibility index (Phi) is 7.50. The number of urea groups is 1. The molecule has 0 aromatic rings. The predicted octanol–water partition coefficient (Wildman–Crippen LogP) is -0.0193. The highest BCUT2D eigenvalue weighted by atomic mass is 16.5. The van der Waals surface area contributed by atoms with Crippen LogP contribution in [-0.2, 0) is 14.3 Å². The first kappa shape index (κ1) is 17.2. The Balaban J connectivity index is 4.45. The second-order valence-corrected chi connectivity index (χ2v) is 4.19. The Morgan fingerprint density at radius 1 is 1.32 bits per heavy atom. The van der Waals surface area contributed by atoms with E-state index in [0.29, 0.717) is 6.61 Å². The minimum Gasteiger partial charge on any atom is -0.481 e. The first-order valence-electron chi connectivity index (χ1n) is 5.76. The van der Waals surface area contributed by atoms with Crippen LogP contribution in [0.25, 0.3) is 0 Å². The van der Waals surface area contributed by atoms with Crippen molar-refractivity contribution in [1.29, 1.82) is 0 Å². The number of likely N-dealkylation sites (N-methyl/N-ethyl adjacent to an activating group) is 1. The van der Waals surface area contributed by atoms with E-state index in [1.807, 2.05) is 0 Å². The van der Waals surface area contributed by atoms with Gasteiger partial charge in [0, 0.05) is 20.6 Å².